The predicted octanol–water partition coefficient (Wildman–Crippen LogP) is 3.09. The first-order valence-electron chi connectivity index (χ1n) is 6.83. The largest absolute Gasteiger partial charge is 0.496 e. The molecule has 1 aromatic rings. The summed E-state index contributed by atoms with van der Waals surface area (Å²) >= 11 is 3.47. The summed E-state index contributed by atoms with van der Waals surface area (Å²) in [5.41, 5.74) is 1.12. The molecular formula is C15H24BrNO2. The van der Waals surface area contributed by atoms with Gasteiger partial charge in [-0.1, -0.05) is 19.9 Å². The van der Waals surface area contributed by atoms with Crippen molar-refractivity contribution in [3.8, 4) is 5.75 Å². The van der Waals surface area contributed by atoms with Crippen molar-refractivity contribution in [3.63, 3.8) is 0 Å². The third kappa shape index (κ3) is 5.51. The van der Waals surface area contributed by atoms with Gasteiger partial charge in [0.1, 0.15) is 5.75 Å². The molecule has 1 rings (SSSR count). The first-order valence-corrected chi connectivity index (χ1v) is 7.62. The zero-order valence-electron chi connectivity index (χ0n) is 12.0. The Labute approximate surface area is 124 Å². The van der Waals surface area contributed by atoms with Crippen LogP contribution < -0.4 is 4.74 Å². The minimum atomic E-state index is -0.291. The van der Waals surface area contributed by atoms with Gasteiger partial charge in [0.15, 0.2) is 0 Å². The molecule has 0 radical (unpaired) electrons. The van der Waals surface area contributed by atoms with Gasteiger partial charge in [-0.15, -0.1) is 0 Å². The smallest absolute Gasteiger partial charge is 0.133 e. The van der Waals surface area contributed by atoms with E-state index in [1.807, 2.05) is 18.2 Å². The van der Waals surface area contributed by atoms with Gasteiger partial charge < -0.3 is 14.7 Å². The third-order valence-corrected chi connectivity index (χ3v) is 3.98. The van der Waals surface area contributed by atoms with Crippen LogP contribution in [-0.4, -0.2) is 42.9 Å². The number of aliphatic hydroxyl groups is 1. The Kier molecular flexibility index (Phi) is 7.42. The molecule has 1 atom stereocenters. The Balaban J connectivity index is 2.48. The number of nitrogens with zero attached hydrogens (tertiary/aromatic N) is 1. The van der Waals surface area contributed by atoms with E-state index in [4.69, 9.17) is 4.74 Å². The number of rotatable bonds is 8. The molecule has 3 nitrogen and oxygen atoms in total. The van der Waals surface area contributed by atoms with Crippen molar-refractivity contribution in [2.45, 2.75) is 32.8 Å². The van der Waals surface area contributed by atoms with Crippen LogP contribution in [0.2, 0.25) is 0 Å². The van der Waals surface area contributed by atoms with E-state index in [-0.39, 0.29) is 6.10 Å². The van der Waals surface area contributed by atoms with Crippen molar-refractivity contribution >= 4 is 15.9 Å². The maximum atomic E-state index is 10.1. The van der Waals surface area contributed by atoms with E-state index in [9.17, 15) is 5.11 Å². The zero-order chi connectivity index (χ0) is 14.3. The van der Waals surface area contributed by atoms with Gasteiger partial charge in [-0.05, 0) is 59.6 Å². The second kappa shape index (κ2) is 8.56. The SMILES string of the molecule is CCN(CC)CCC(O)Cc1ccc(OC)c(Br)c1. The average molecular weight is 330 g/mol. The topological polar surface area (TPSA) is 32.7 Å². The molecule has 0 aromatic heterocycles. The van der Waals surface area contributed by atoms with E-state index in [0.29, 0.717) is 6.42 Å². The number of methoxy groups -OCH3 is 1. The zero-order valence-corrected chi connectivity index (χ0v) is 13.6. The Morgan fingerprint density at radius 3 is 2.53 bits per heavy atom. The molecule has 4 heteroatoms. The van der Waals surface area contributed by atoms with E-state index in [0.717, 1.165) is 41.8 Å². The van der Waals surface area contributed by atoms with Crippen LogP contribution in [0, 0.1) is 0 Å². The van der Waals surface area contributed by atoms with Gasteiger partial charge in [-0.3, -0.25) is 0 Å². The van der Waals surface area contributed by atoms with Gasteiger partial charge in [0.2, 0.25) is 0 Å². The molecule has 1 N–H and O–H groups in total. The van der Waals surface area contributed by atoms with E-state index in [1.54, 1.807) is 7.11 Å². The molecule has 0 spiro atoms. The van der Waals surface area contributed by atoms with E-state index in [2.05, 4.69) is 34.7 Å². The van der Waals surface area contributed by atoms with Crippen LogP contribution in [0.25, 0.3) is 0 Å². The van der Waals surface area contributed by atoms with E-state index >= 15 is 0 Å². The molecule has 1 unspecified atom stereocenters. The second-order valence-corrected chi connectivity index (χ2v) is 5.50. The predicted molar refractivity (Wildman–Crippen MR) is 82.8 cm³/mol. The van der Waals surface area contributed by atoms with E-state index in [1.165, 1.54) is 0 Å². The van der Waals surface area contributed by atoms with Gasteiger partial charge in [-0.2, -0.15) is 0 Å². The summed E-state index contributed by atoms with van der Waals surface area (Å²) in [6.45, 7) is 7.33. The fraction of sp³-hybridized carbons (Fsp3) is 0.600. The lowest BCUT2D eigenvalue weighted by Gasteiger charge is -2.20. The number of hydrogen-bond donors (Lipinski definition) is 1. The summed E-state index contributed by atoms with van der Waals surface area (Å²) in [6, 6.07) is 5.94. The van der Waals surface area contributed by atoms with Gasteiger partial charge >= 0.3 is 0 Å². The molecule has 0 heterocycles. The number of ether oxygens (including phenoxy) is 1. The van der Waals surface area contributed by atoms with E-state index < -0.39 is 0 Å². The molecule has 0 amide bonds. The number of aliphatic hydroxyl groups excluding tert-OH is 1. The normalized spacial score (nSPS) is 12.7. The molecule has 0 saturated carbocycles. The lowest BCUT2D eigenvalue weighted by molar-refractivity contribution is 0.143. The van der Waals surface area contributed by atoms with Crippen LogP contribution in [0.1, 0.15) is 25.8 Å². The van der Waals surface area contributed by atoms with Crippen molar-refractivity contribution < 1.29 is 9.84 Å². The third-order valence-electron chi connectivity index (χ3n) is 3.36. The molecule has 0 aliphatic rings. The summed E-state index contributed by atoms with van der Waals surface area (Å²) in [7, 11) is 1.65. The maximum Gasteiger partial charge on any atom is 0.133 e. The van der Waals surface area contributed by atoms with Crippen LogP contribution in [0.15, 0.2) is 22.7 Å². The van der Waals surface area contributed by atoms with Crippen molar-refractivity contribution in [1.29, 1.82) is 0 Å². The highest BCUT2D eigenvalue weighted by atomic mass is 79.9. The van der Waals surface area contributed by atoms with Crippen molar-refractivity contribution in [2.24, 2.45) is 0 Å². The molecule has 1 aromatic carbocycles. The molecule has 0 fully saturated rings. The lowest BCUT2D eigenvalue weighted by atomic mass is 10.1. The fourth-order valence-corrected chi connectivity index (χ4v) is 2.67. The van der Waals surface area contributed by atoms with Crippen LogP contribution in [0.5, 0.6) is 5.75 Å². The quantitative estimate of drug-likeness (QED) is 0.795. The highest BCUT2D eigenvalue weighted by Gasteiger charge is 2.09. The highest BCUT2D eigenvalue weighted by molar-refractivity contribution is 9.10. The minimum Gasteiger partial charge on any atom is -0.496 e. The van der Waals surface area contributed by atoms with Crippen LogP contribution >= 0.6 is 15.9 Å². The Morgan fingerprint density at radius 2 is 2.00 bits per heavy atom. The number of halogens is 1. The average Bonchev–Trinajstić information content (AvgIpc) is 2.40. The van der Waals surface area contributed by atoms with Gasteiger partial charge in [-0.25, -0.2) is 0 Å². The van der Waals surface area contributed by atoms with Crippen molar-refractivity contribution in [2.75, 3.05) is 26.7 Å². The van der Waals surface area contributed by atoms with Gasteiger partial charge in [0.25, 0.3) is 0 Å². The summed E-state index contributed by atoms with van der Waals surface area (Å²) in [6.07, 6.45) is 1.20. The molecule has 0 aliphatic heterocycles. The summed E-state index contributed by atoms with van der Waals surface area (Å²) < 4.78 is 6.13. The lowest BCUT2D eigenvalue weighted by Crippen LogP contribution is -2.27. The molecule has 0 saturated heterocycles. The first-order chi connectivity index (χ1) is 9.10. The van der Waals surface area contributed by atoms with Crippen LogP contribution in [0.3, 0.4) is 0 Å². The molecule has 0 bridgehead atoms. The van der Waals surface area contributed by atoms with Gasteiger partial charge in [0, 0.05) is 6.54 Å². The van der Waals surface area contributed by atoms with Crippen molar-refractivity contribution in [3.05, 3.63) is 28.2 Å². The minimum absolute atomic E-state index is 0.291. The Bertz CT molecular complexity index is 380. The number of hydrogen-bond acceptors (Lipinski definition) is 3. The Morgan fingerprint density at radius 1 is 1.32 bits per heavy atom. The van der Waals surface area contributed by atoms with Crippen LogP contribution in [0.4, 0.5) is 0 Å². The fourth-order valence-electron chi connectivity index (χ4n) is 2.08. The second-order valence-electron chi connectivity index (χ2n) is 4.64. The Hall–Kier alpha value is -0.580. The summed E-state index contributed by atoms with van der Waals surface area (Å²) in [5.74, 6) is 0.821. The first kappa shape index (κ1) is 16.5. The molecule has 108 valence electrons. The monoisotopic (exact) mass is 329 g/mol. The van der Waals surface area contributed by atoms with Gasteiger partial charge in [0.05, 0.1) is 17.7 Å². The van der Waals surface area contributed by atoms with Crippen LogP contribution in [-0.2, 0) is 6.42 Å². The summed E-state index contributed by atoms with van der Waals surface area (Å²) in [5, 5.41) is 10.1. The standard InChI is InChI=1S/C15H24BrNO2/c1-4-17(5-2)9-8-13(18)10-12-6-7-15(19-3)14(16)11-12/h6-7,11,13,18H,4-5,8-10H2,1-3H3. The molecule has 19 heavy (non-hydrogen) atoms. The number of benzene rings is 1. The highest BCUT2D eigenvalue weighted by Crippen LogP contribution is 2.26. The van der Waals surface area contributed by atoms with Crippen molar-refractivity contribution in [1.82, 2.24) is 4.90 Å². The molecular weight excluding hydrogens is 306 g/mol. The summed E-state index contributed by atoms with van der Waals surface area (Å²) in [4.78, 5) is 2.33. The molecule has 0 aliphatic carbocycles. The maximum absolute atomic E-state index is 10.1.